The Balaban J connectivity index is 2.51. The SMILES string of the molecule is NOC(CS(=O)(=O)F)C1CCCC1. The third-order valence-corrected chi connectivity index (χ3v) is 3.19. The Bertz CT molecular complexity index is 248. The highest BCUT2D eigenvalue weighted by molar-refractivity contribution is 7.86. The third-order valence-electron chi connectivity index (χ3n) is 2.46. The molecule has 1 fully saturated rings. The fourth-order valence-electron chi connectivity index (χ4n) is 1.81. The van der Waals surface area contributed by atoms with Crippen LogP contribution in [0.2, 0.25) is 0 Å². The second-order valence-corrected chi connectivity index (χ2v) is 4.84. The van der Waals surface area contributed by atoms with Gasteiger partial charge in [-0.3, -0.25) is 4.84 Å². The van der Waals surface area contributed by atoms with Crippen LogP contribution in [0.5, 0.6) is 0 Å². The molecule has 0 bridgehead atoms. The van der Waals surface area contributed by atoms with Crippen LogP contribution < -0.4 is 5.90 Å². The van der Waals surface area contributed by atoms with Gasteiger partial charge in [-0.15, -0.1) is 3.89 Å². The summed E-state index contributed by atoms with van der Waals surface area (Å²) in [5.41, 5.74) is 0. The Hall–Kier alpha value is -0.200. The lowest BCUT2D eigenvalue weighted by Crippen LogP contribution is -2.31. The molecule has 0 aromatic carbocycles. The van der Waals surface area contributed by atoms with Gasteiger partial charge in [0.25, 0.3) is 0 Å². The average molecular weight is 211 g/mol. The Morgan fingerprint density at radius 3 is 2.38 bits per heavy atom. The molecule has 6 heteroatoms. The third kappa shape index (κ3) is 3.58. The molecule has 4 nitrogen and oxygen atoms in total. The van der Waals surface area contributed by atoms with E-state index < -0.39 is 22.1 Å². The standard InChI is InChI=1S/C7H14FNO3S/c8-13(10,11)5-7(12-9)6-3-1-2-4-6/h6-7H,1-5,9H2. The van der Waals surface area contributed by atoms with E-state index in [4.69, 9.17) is 5.90 Å². The largest absolute Gasteiger partial charge is 0.305 e. The van der Waals surface area contributed by atoms with Crippen LogP contribution >= 0.6 is 0 Å². The molecule has 78 valence electrons. The first-order chi connectivity index (χ1) is 6.03. The van der Waals surface area contributed by atoms with Crippen molar-refractivity contribution >= 4 is 10.2 Å². The fraction of sp³-hybridized carbons (Fsp3) is 1.00. The van der Waals surface area contributed by atoms with Crippen molar-refractivity contribution in [2.45, 2.75) is 31.8 Å². The Morgan fingerprint density at radius 2 is 2.00 bits per heavy atom. The Labute approximate surface area is 77.4 Å². The van der Waals surface area contributed by atoms with Crippen molar-refractivity contribution in [1.29, 1.82) is 0 Å². The van der Waals surface area contributed by atoms with E-state index in [2.05, 4.69) is 4.84 Å². The van der Waals surface area contributed by atoms with Crippen LogP contribution in [0.4, 0.5) is 3.89 Å². The molecule has 0 heterocycles. The van der Waals surface area contributed by atoms with Gasteiger partial charge < -0.3 is 0 Å². The Kier molecular flexibility index (Phi) is 3.63. The van der Waals surface area contributed by atoms with Gasteiger partial charge in [-0.25, -0.2) is 5.90 Å². The van der Waals surface area contributed by atoms with Crippen LogP contribution in [0.1, 0.15) is 25.7 Å². The summed E-state index contributed by atoms with van der Waals surface area (Å²) in [6, 6.07) is 0. The molecule has 0 radical (unpaired) electrons. The van der Waals surface area contributed by atoms with E-state index in [-0.39, 0.29) is 5.92 Å². The van der Waals surface area contributed by atoms with Gasteiger partial charge in [-0.2, -0.15) is 8.42 Å². The zero-order valence-electron chi connectivity index (χ0n) is 7.28. The maximum atomic E-state index is 12.3. The molecule has 1 atom stereocenters. The minimum absolute atomic E-state index is 0.0931. The van der Waals surface area contributed by atoms with E-state index >= 15 is 0 Å². The Morgan fingerprint density at radius 1 is 1.46 bits per heavy atom. The highest BCUT2D eigenvalue weighted by Gasteiger charge is 2.29. The second-order valence-electron chi connectivity index (χ2n) is 3.42. The molecular weight excluding hydrogens is 197 g/mol. The van der Waals surface area contributed by atoms with Gasteiger partial charge in [0, 0.05) is 0 Å². The summed E-state index contributed by atoms with van der Waals surface area (Å²) < 4.78 is 33.0. The van der Waals surface area contributed by atoms with E-state index in [1.165, 1.54) is 0 Å². The summed E-state index contributed by atoms with van der Waals surface area (Å²) in [5.74, 6) is 4.40. The number of nitrogens with two attached hydrogens (primary N) is 1. The smallest absolute Gasteiger partial charge is 0.300 e. The molecule has 1 rings (SSSR count). The van der Waals surface area contributed by atoms with Gasteiger partial charge in [0.1, 0.15) is 5.75 Å². The van der Waals surface area contributed by atoms with Crippen LogP contribution in [0.15, 0.2) is 0 Å². The molecule has 1 saturated carbocycles. The molecule has 0 aliphatic heterocycles. The van der Waals surface area contributed by atoms with Crippen LogP contribution in [-0.2, 0) is 15.1 Å². The maximum Gasteiger partial charge on any atom is 0.305 e. The van der Waals surface area contributed by atoms with Gasteiger partial charge in [-0.05, 0) is 18.8 Å². The summed E-state index contributed by atoms with van der Waals surface area (Å²) in [6.45, 7) is 0. The summed E-state index contributed by atoms with van der Waals surface area (Å²) in [7, 11) is -4.48. The number of halogens is 1. The van der Waals surface area contributed by atoms with Gasteiger partial charge >= 0.3 is 10.2 Å². The zero-order chi connectivity index (χ0) is 9.90. The minimum Gasteiger partial charge on any atom is -0.300 e. The van der Waals surface area contributed by atoms with Crippen molar-refractivity contribution in [2.75, 3.05) is 5.75 Å². The topological polar surface area (TPSA) is 69.4 Å². The van der Waals surface area contributed by atoms with Crippen molar-refractivity contribution < 1.29 is 17.1 Å². The highest BCUT2D eigenvalue weighted by Crippen LogP contribution is 2.29. The van der Waals surface area contributed by atoms with E-state index in [1.54, 1.807) is 0 Å². The molecule has 0 amide bonds. The zero-order valence-corrected chi connectivity index (χ0v) is 8.10. The minimum atomic E-state index is -4.48. The van der Waals surface area contributed by atoms with Crippen molar-refractivity contribution in [2.24, 2.45) is 11.8 Å². The molecule has 0 aromatic rings. The molecule has 1 unspecified atom stereocenters. The lowest BCUT2D eigenvalue weighted by molar-refractivity contribution is 0.0280. The summed E-state index contributed by atoms with van der Waals surface area (Å²) in [4.78, 5) is 4.49. The van der Waals surface area contributed by atoms with Crippen LogP contribution in [0.3, 0.4) is 0 Å². The number of rotatable bonds is 4. The molecule has 2 N–H and O–H groups in total. The first-order valence-corrected chi connectivity index (χ1v) is 5.86. The van der Waals surface area contributed by atoms with Gasteiger partial charge in [0.2, 0.25) is 0 Å². The lowest BCUT2D eigenvalue weighted by Gasteiger charge is -2.18. The van der Waals surface area contributed by atoms with Crippen molar-refractivity contribution in [3.63, 3.8) is 0 Å². The number of hydrogen-bond acceptors (Lipinski definition) is 4. The average Bonchev–Trinajstić information content (AvgIpc) is 2.50. The molecule has 0 aromatic heterocycles. The van der Waals surface area contributed by atoms with Gasteiger partial charge in [0.15, 0.2) is 0 Å². The van der Waals surface area contributed by atoms with E-state index in [0.29, 0.717) is 0 Å². The van der Waals surface area contributed by atoms with Crippen molar-refractivity contribution in [3.8, 4) is 0 Å². The van der Waals surface area contributed by atoms with Crippen LogP contribution in [-0.4, -0.2) is 20.3 Å². The predicted molar refractivity (Wildman–Crippen MR) is 45.9 cm³/mol. The van der Waals surface area contributed by atoms with Crippen molar-refractivity contribution in [1.82, 2.24) is 0 Å². The molecular formula is C7H14FNO3S. The summed E-state index contributed by atoms with van der Waals surface area (Å²) >= 11 is 0. The van der Waals surface area contributed by atoms with E-state index in [1.807, 2.05) is 0 Å². The summed E-state index contributed by atoms with van der Waals surface area (Å²) in [6.07, 6.45) is 3.14. The first kappa shape index (κ1) is 10.9. The normalized spacial score (nSPS) is 22.0. The molecule has 1 aliphatic carbocycles. The quantitative estimate of drug-likeness (QED) is 0.550. The van der Waals surface area contributed by atoms with Gasteiger partial charge in [-0.1, -0.05) is 12.8 Å². The van der Waals surface area contributed by atoms with Crippen LogP contribution in [0.25, 0.3) is 0 Å². The van der Waals surface area contributed by atoms with E-state index in [0.717, 1.165) is 25.7 Å². The van der Waals surface area contributed by atoms with Crippen LogP contribution in [0, 0.1) is 5.92 Å². The first-order valence-electron chi connectivity index (χ1n) is 4.31. The lowest BCUT2D eigenvalue weighted by atomic mass is 10.0. The highest BCUT2D eigenvalue weighted by atomic mass is 32.3. The molecule has 0 saturated heterocycles. The van der Waals surface area contributed by atoms with Crippen molar-refractivity contribution in [3.05, 3.63) is 0 Å². The second kappa shape index (κ2) is 4.34. The molecule has 1 aliphatic rings. The molecule has 0 spiro atoms. The molecule has 13 heavy (non-hydrogen) atoms. The monoisotopic (exact) mass is 211 g/mol. The maximum absolute atomic E-state index is 12.3. The summed E-state index contributed by atoms with van der Waals surface area (Å²) in [5, 5.41) is 0. The number of hydrogen-bond donors (Lipinski definition) is 1. The van der Waals surface area contributed by atoms with E-state index in [9.17, 15) is 12.3 Å². The van der Waals surface area contributed by atoms with Gasteiger partial charge in [0.05, 0.1) is 6.10 Å². The fourth-order valence-corrected chi connectivity index (χ4v) is 2.56. The predicted octanol–water partition coefficient (Wildman–Crippen LogP) is 0.735.